The van der Waals surface area contributed by atoms with Crippen LogP contribution in [-0.4, -0.2) is 38.0 Å². The zero-order chi connectivity index (χ0) is 16.4. The SMILES string of the molecule is CC(=O)N1CCCn2nc(CNC(=O)c3scnc3C)cc2C1. The van der Waals surface area contributed by atoms with Gasteiger partial charge < -0.3 is 10.2 Å². The Balaban J connectivity index is 1.66. The Morgan fingerprint density at radius 1 is 1.39 bits per heavy atom. The molecule has 0 aliphatic carbocycles. The van der Waals surface area contributed by atoms with Crippen LogP contribution in [-0.2, 0) is 24.4 Å². The highest BCUT2D eigenvalue weighted by Crippen LogP contribution is 2.15. The summed E-state index contributed by atoms with van der Waals surface area (Å²) in [6.07, 6.45) is 0.889. The predicted octanol–water partition coefficient (Wildman–Crippen LogP) is 1.33. The highest BCUT2D eigenvalue weighted by molar-refractivity contribution is 7.11. The molecule has 23 heavy (non-hydrogen) atoms. The molecule has 0 saturated heterocycles. The number of rotatable bonds is 3. The molecule has 0 saturated carbocycles. The van der Waals surface area contributed by atoms with E-state index in [1.165, 1.54) is 11.3 Å². The van der Waals surface area contributed by atoms with Crippen LogP contribution in [0.25, 0.3) is 0 Å². The van der Waals surface area contributed by atoms with Gasteiger partial charge >= 0.3 is 0 Å². The lowest BCUT2D eigenvalue weighted by Gasteiger charge is -2.17. The van der Waals surface area contributed by atoms with Gasteiger partial charge in [0.2, 0.25) is 5.91 Å². The van der Waals surface area contributed by atoms with E-state index in [1.807, 2.05) is 22.6 Å². The van der Waals surface area contributed by atoms with Crippen LogP contribution in [0.2, 0.25) is 0 Å². The van der Waals surface area contributed by atoms with Crippen molar-refractivity contribution < 1.29 is 9.59 Å². The fraction of sp³-hybridized carbons (Fsp3) is 0.467. The van der Waals surface area contributed by atoms with Gasteiger partial charge in [0.05, 0.1) is 35.7 Å². The molecule has 0 fully saturated rings. The maximum atomic E-state index is 12.1. The van der Waals surface area contributed by atoms with E-state index in [9.17, 15) is 9.59 Å². The van der Waals surface area contributed by atoms with Gasteiger partial charge in [0, 0.05) is 20.0 Å². The van der Waals surface area contributed by atoms with Gasteiger partial charge in [-0.1, -0.05) is 0 Å². The third-order valence-electron chi connectivity index (χ3n) is 3.89. The predicted molar refractivity (Wildman–Crippen MR) is 86.0 cm³/mol. The van der Waals surface area contributed by atoms with Crippen LogP contribution < -0.4 is 5.32 Å². The highest BCUT2D eigenvalue weighted by Gasteiger charge is 2.19. The Bertz CT molecular complexity index is 736. The molecule has 7 nitrogen and oxygen atoms in total. The Labute approximate surface area is 138 Å². The van der Waals surface area contributed by atoms with E-state index in [1.54, 1.807) is 12.4 Å². The molecule has 0 radical (unpaired) electrons. The fourth-order valence-electron chi connectivity index (χ4n) is 2.65. The topological polar surface area (TPSA) is 80.1 Å². The normalized spacial score (nSPS) is 14.3. The molecule has 2 amide bonds. The average molecular weight is 333 g/mol. The number of fused-ring (bicyclic) bond motifs is 1. The molecular formula is C15H19N5O2S. The molecule has 0 spiro atoms. The summed E-state index contributed by atoms with van der Waals surface area (Å²) in [4.78, 5) is 30.2. The molecule has 3 heterocycles. The second-order valence-electron chi connectivity index (χ2n) is 5.59. The maximum absolute atomic E-state index is 12.1. The van der Waals surface area contributed by atoms with Crippen molar-refractivity contribution in [1.82, 2.24) is 25.0 Å². The van der Waals surface area contributed by atoms with Crippen molar-refractivity contribution in [3.63, 3.8) is 0 Å². The molecule has 0 unspecified atom stereocenters. The summed E-state index contributed by atoms with van der Waals surface area (Å²) in [6, 6.07) is 1.96. The van der Waals surface area contributed by atoms with Crippen LogP contribution in [0.1, 0.15) is 40.1 Å². The minimum absolute atomic E-state index is 0.0789. The number of nitrogens with one attached hydrogen (secondary N) is 1. The summed E-state index contributed by atoms with van der Waals surface area (Å²) in [5.74, 6) is -0.0475. The number of carbonyl (C=O) groups excluding carboxylic acids is 2. The zero-order valence-corrected chi connectivity index (χ0v) is 14.0. The van der Waals surface area contributed by atoms with Gasteiger partial charge in [-0.05, 0) is 19.4 Å². The minimum atomic E-state index is -0.126. The van der Waals surface area contributed by atoms with Gasteiger partial charge in [-0.15, -0.1) is 11.3 Å². The summed E-state index contributed by atoms with van der Waals surface area (Å²) in [5.41, 5.74) is 4.22. The van der Waals surface area contributed by atoms with E-state index in [0.717, 1.165) is 36.6 Å². The lowest BCUT2D eigenvalue weighted by molar-refractivity contribution is -0.129. The van der Waals surface area contributed by atoms with E-state index >= 15 is 0 Å². The van der Waals surface area contributed by atoms with Crippen LogP contribution in [0.15, 0.2) is 11.6 Å². The summed E-state index contributed by atoms with van der Waals surface area (Å²) >= 11 is 1.33. The van der Waals surface area contributed by atoms with Crippen molar-refractivity contribution in [2.45, 2.75) is 39.9 Å². The quantitative estimate of drug-likeness (QED) is 0.919. The number of carbonyl (C=O) groups is 2. The molecule has 8 heteroatoms. The van der Waals surface area contributed by atoms with Crippen LogP contribution in [0.4, 0.5) is 0 Å². The smallest absolute Gasteiger partial charge is 0.263 e. The van der Waals surface area contributed by atoms with Gasteiger partial charge in [-0.25, -0.2) is 4.98 Å². The summed E-state index contributed by atoms with van der Waals surface area (Å²) < 4.78 is 1.93. The molecule has 0 bridgehead atoms. The first kappa shape index (κ1) is 15.7. The van der Waals surface area contributed by atoms with Crippen LogP contribution in [0, 0.1) is 6.92 Å². The van der Waals surface area contributed by atoms with Gasteiger partial charge in [0.25, 0.3) is 5.91 Å². The molecule has 0 aromatic carbocycles. The molecule has 3 rings (SSSR count). The average Bonchev–Trinajstić information content (AvgIpc) is 3.05. The van der Waals surface area contributed by atoms with Gasteiger partial charge in [-0.3, -0.25) is 14.3 Å². The van der Waals surface area contributed by atoms with E-state index in [-0.39, 0.29) is 11.8 Å². The van der Waals surface area contributed by atoms with Crippen molar-refractivity contribution >= 4 is 23.2 Å². The standard InChI is InChI=1S/C15H19N5O2S/c1-10-14(23-9-17-10)15(22)16-7-12-6-13-8-19(11(2)21)4-3-5-20(13)18-12/h6,9H,3-5,7-8H2,1-2H3,(H,16,22). The molecule has 2 aromatic heterocycles. The van der Waals surface area contributed by atoms with Crippen molar-refractivity contribution in [3.05, 3.63) is 33.5 Å². The minimum Gasteiger partial charge on any atom is -0.346 e. The van der Waals surface area contributed by atoms with Crippen LogP contribution in [0.3, 0.4) is 0 Å². The lowest BCUT2D eigenvalue weighted by atomic mass is 10.3. The number of aromatic nitrogens is 3. The van der Waals surface area contributed by atoms with E-state index in [2.05, 4.69) is 15.4 Å². The molecule has 0 atom stereocenters. The monoisotopic (exact) mass is 333 g/mol. The fourth-order valence-corrected chi connectivity index (χ4v) is 3.37. The van der Waals surface area contributed by atoms with Crippen molar-refractivity contribution in [1.29, 1.82) is 0 Å². The third-order valence-corrected chi connectivity index (χ3v) is 4.82. The van der Waals surface area contributed by atoms with Crippen LogP contribution >= 0.6 is 11.3 Å². The number of thiazole rings is 1. The first-order valence-electron chi connectivity index (χ1n) is 7.54. The zero-order valence-electron chi connectivity index (χ0n) is 13.2. The molecule has 1 N–H and O–H groups in total. The molecule has 1 aliphatic rings. The Kier molecular flexibility index (Phi) is 4.42. The summed E-state index contributed by atoms with van der Waals surface area (Å²) in [5, 5.41) is 7.41. The number of hydrogen-bond acceptors (Lipinski definition) is 5. The number of amides is 2. The first-order chi connectivity index (χ1) is 11.0. The van der Waals surface area contributed by atoms with Crippen molar-refractivity contribution in [3.8, 4) is 0 Å². The van der Waals surface area contributed by atoms with Gasteiger partial charge in [0.15, 0.2) is 0 Å². The maximum Gasteiger partial charge on any atom is 0.263 e. The Hall–Kier alpha value is -2.22. The Morgan fingerprint density at radius 2 is 2.22 bits per heavy atom. The van der Waals surface area contributed by atoms with E-state index < -0.39 is 0 Å². The van der Waals surface area contributed by atoms with E-state index in [4.69, 9.17) is 0 Å². The van der Waals surface area contributed by atoms with Gasteiger partial charge in [0.1, 0.15) is 4.88 Å². The highest BCUT2D eigenvalue weighted by atomic mass is 32.1. The number of nitrogens with zero attached hydrogens (tertiary/aromatic N) is 4. The van der Waals surface area contributed by atoms with Crippen molar-refractivity contribution in [2.24, 2.45) is 0 Å². The summed E-state index contributed by atoms with van der Waals surface area (Å²) in [7, 11) is 0. The molecule has 1 aliphatic heterocycles. The number of aryl methyl sites for hydroxylation is 2. The second-order valence-corrected chi connectivity index (χ2v) is 6.45. The lowest BCUT2D eigenvalue weighted by Crippen LogP contribution is -2.28. The summed E-state index contributed by atoms with van der Waals surface area (Å²) in [6.45, 7) is 5.90. The largest absolute Gasteiger partial charge is 0.346 e. The third kappa shape index (κ3) is 3.42. The second kappa shape index (κ2) is 6.49. The first-order valence-corrected chi connectivity index (χ1v) is 8.42. The van der Waals surface area contributed by atoms with Crippen LogP contribution in [0.5, 0.6) is 0 Å². The molecular weight excluding hydrogens is 314 g/mol. The molecule has 2 aromatic rings. The Morgan fingerprint density at radius 3 is 2.91 bits per heavy atom. The van der Waals surface area contributed by atoms with Crippen molar-refractivity contribution in [2.75, 3.05) is 6.54 Å². The van der Waals surface area contributed by atoms with Gasteiger partial charge in [-0.2, -0.15) is 5.10 Å². The molecule has 122 valence electrons. The number of hydrogen-bond donors (Lipinski definition) is 1. The van der Waals surface area contributed by atoms with E-state index in [0.29, 0.717) is 18.0 Å².